The van der Waals surface area contributed by atoms with E-state index < -0.39 is 0 Å². The topological polar surface area (TPSA) is 29.3 Å². The summed E-state index contributed by atoms with van der Waals surface area (Å²) in [4.78, 5) is 2.58. The van der Waals surface area contributed by atoms with E-state index in [-0.39, 0.29) is 0 Å². The second-order valence-electron chi connectivity index (χ2n) is 6.07. The SMILES string of the molecule is CC(C)CN(Cc1c(N)cccc1Cl)C1CCCC1. The molecule has 1 aliphatic rings. The lowest BCUT2D eigenvalue weighted by molar-refractivity contribution is 0.169. The maximum atomic E-state index is 6.31. The lowest BCUT2D eigenvalue weighted by Gasteiger charge is -2.31. The second kappa shape index (κ2) is 6.62. The first-order chi connectivity index (χ1) is 9.08. The van der Waals surface area contributed by atoms with Gasteiger partial charge in [0, 0.05) is 35.4 Å². The minimum atomic E-state index is 0.671. The third-order valence-electron chi connectivity index (χ3n) is 3.96. The normalized spacial score (nSPS) is 16.7. The highest BCUT2D eigenvalue weighted by Crippen LogP contribution is 2.29. The Morgan fingerprint density at radius 2 is 2.00 bits per heavy atom. The summed E-state index contributed by atoms with van der Waals surface area (Å²) >= 11 is 6.31. The molecule has 0 saturated heterocycles. The molecule has 0 radical (unpaired) electrons. The van der Waals surface area contributed by atoms with Crippen molar-refractivity contribution in [2.24, 2.45) is 5.92 Å². The Balaban J connectivity index is 2.14. The van der Waals surface area contributed by atoms with Gasteiger partial charge in [-0.2, -0.15) is 0 Å². The van der Waals surface area contributed by atoms with E-state index >= 15 is 0 Å². The highest BCUT2D eigenvalue weighted by Gasteiger charge is 2.24. The molecule has 1 aromatic rings. The third-order valence-corrected chi connectivity index (χ3v) is 4.31. The summed E-state index contributed by atoms with van der Waals surface area (Å²) in [5.74, 6) is 0.671. The van der Waals surface area contributed by atoms with Crippen molar-refractivity contribution in [3.63, 3.8) is 0 Å². The molecule has 0 amide bonds. The van der Waals surface area contributed by atoms with Gasteiger partial charge in [0.25, 0.3) is 0 Å². The van der Waals surface area contributed by atoms with E-state index in [0.717, 1.165) is 29.4 Å². The van der Waals surface area contributed by atoms with Gasteiger partial charge < -0.3 is 5.73 Å². The van der Waals surface area contributed by atoms with Crippen molar-refractivity contribution in [2.45, 2.75) is 52.1 Å². The van der Waals surface area contributed by atoms with Crippen LogP contribution in [0.5, 0.6) is 0 Å². The van der Waals surface area contributed by atoms with Crippen molar-refractivity contribution in [3.05, 3.63) is 28.8 Å². The Hall–Kier alpha value is -0.730. The van der Waals surface area contributed by atoms with Gasteiger partial charge in [0.1, 0.15) is 0 Å². The number of nitrogen functional groups attached to an aromatic ring is 1. The second-order valence-corrected chi connectivity index (χ2v) is 6.48. The number of nitrogens with zero attached hydrogens (tertiary/aromatic N) is 1. The fourth-order valence-corrected chi connectivity index (χ4v) is 3.27. The first kappa shape index (κ1) is 14.7. The van der Waals surface area contributed by atoms with Crippen LogP contribution in [-0.4, -0.2) is 17.5 Å². The zero-order chi connectivity index (χ0) is 13.8. The van der Waals surface area contributed by atoms with Crippen molar-refractivity contribution in [2.75, 3.05) is 12.3 Å². The Kier molecular flexibility index (Phi) is 5.12. The molecule has 2 N–H and O–H groups in total. The predicted molar refractivity (Wildman–Crippen MR) is 83.4 cm³/mol. The van der Waals surface area contributed by atoms with Crippen LogP contribution in [-0.2, 0) is 6.54 Å². The Bertz CT molecular complexity index is 391. The number of anilines is 1. The summed E-state index contributed by atoms with van der Waals surface area (Å²) in [5, 5.41) is 0.798. The molecule has 0 atom stereocenters. The number of hydrogen-bond acceptors (Lipinski definition) is 2. The molecule has 2 nitrogen and oxygen atoms in total. The van der Waals surface area contributed by atoms with Crippen molar-refractivity contribution in [3.8, 4) is 0 Å². The van der Waals surface area contributed by atoms with E-state index in [1.54, 1.807) is 0 Å². The van der Waals surface area contributed by atoms with Crippen molar-refractivity contribution < 1.29 is 0 Å². The lowest BCUT2D eigenvalue weighted by Crippen LogP contribution is -2.36. The van der Waals surface area contributed by atoms with Crippen molar-refractivity contribution in [1.29, 1.82) is 0 Å². The number of nitrogens with two attached hydrogens (primary N) is 1. The van der Waals surface area contributed by atoms with Gasteiger partial charge in [0.2, 0.25) is 0 Å². The highest BCUT2D eigenvalue weighted by atomic mass is 35.5. The van der Waals surface area contributed by atoms with Crippen LogP contribution in [0, 0.1) is 5.92 Å². The van der Waals surface area contributed by atoms with Gasteiger partial charge in [-0.15, -0.1) is 0 Å². The van der Waals surface area contributed by atoms with Gasteiger partial charge in [-0.25, -0.2) is 0 Å². The quantitative estimate of drug-likeness (QED) is 0.814. The van der Waals surface area contributed by atoms with E-state index in [1.807, 2.05) is 18.2 Å². The van der Waals surface area contributed by atoms with Crippen LogP contribution in [0.2, 0.25) is 5.02 Å². The Labute approximate surface area is 121 Å². The number of benzene rings is 1. The lowest BCUT2D eigenvalue weighted by atomic mass is 10.1. The summed E-state index contributed by atoms with van der Waals surface area (Å²) in [6, 6.07) is 6.51. The van der Waals surface area contributed by atoms with Gasteiger partial charge in [0.15, 0.2) is 0 Å². The van der Waals surface area contributed by atoms with Crippen LogP contribution in [0.25, 0.3) is 0 Å². The molecule has 1 aliphatic carbocycles. The van der Waals surface area contributed by atoms with E-state index in [9.17, 15) is 0 Å². The highest BCUT2D eigenvalue weighted by molar-refractivity contribution is 6.31. The van der Waals surface area contributed by atoms with Gasteiger partial charge in [-0.05, 0) is 30.9 Å². The monoisotopic (exact) mass is 280 g/mol. The van der Waals surface area contributed by atoms with E-state index in [0.29, 0.717) is 12.0 Å². The minimum Gasteiger partial charge on any atom is -0.398 e. The molecule has 1 saturated carbocycles. The molecular weight excluding hydrogens is 256 g/mol. The molecular formula is C16H25ClN2. The maximum absolute atomic E-state index is 6.31. The van der Waals surface area contributed by atoms with E-state index in [4.69, 9.17) is 17.3 Å². The van der Waals surface area contributed by atoms with Crippen molar-refractivity contribution in [1.82, 2.24) is 4.90 Å². The van der Waals surface area contributed by atoms with Crippen LogP contribution in [0.15, 0.2) is 18.2 Å². The molecule has 19 heavy (non-hydrogen) atoms. The Morgan fingerprint density at radius 1 is 1.32 bits per heavy atom. The maximum Gasteiger partial charge on any atom is 0.0471 e. The molecule has 2 rings (SSSR count). The van der Waals surface area contributed by atoms with Crippen LogP contribution in [0.1, 0.15) is 45.1 Å². The minimum absolute atomic E-state index is 0.671. The summed E-state index contributed by atoms with van der Waals surface area (Å²) in [6.07, 6.45) is 5.35. The molecule has 0 unspecified atom stereocenters. The zero-order valence-corrected chi connectivity index (χ0v) is 12.8. The fourth-order valence-electron chi connectivity index (χ4n) is 3.03. The molecule has 0 heterocycles. The first-order valence-corrected chi connectivity index (χ1v) is 7.72. The first-order valence-electron chi connectivity index (χ1n) is 7.35. The fraction of sp³-hybridized carbons (Fsp3) is 0.625. The molecule has 1 fully saturated rings. The molecule has 0 aromatic heterocycles. The predicted octanol–water partition coefficient (Wildman–Crippen LogP) is 4.32. The molecule has 3 heteroatoms. The third kappa shape index (κ3) is 3.87. The number of rotatable bonds is 5. The Morgan fingerprint density at radius 3 is 2.58 bits per heavy atom. The number of halogens is 1. The van der Waals surface area contributed by atoms with Crippen LogP contribution >= 0.6 is 11.6 Å². The van der Waals surface area contributed by atoms with Gasteiger partial charge in [-0.1, -0.05) is 44.4 Å². The summed E-state index contributed by atoms with van der Waals surface area (Å²) < 4.78 is 0. The van der Waals surface area contributed by atoms with E-state index in [1.165, 1.54) is 25.7 Å². The average molecular weight is 281 g/mol. The molecule has 106 valence electrons. The molecule has 0 bridgehead atoms. The van der Waals surface area contributed by atoms with Crippen LogP contribution < -0.4 is 5.73 Å². The van der Waals surface area contributed by atoms with E-state index in [2.05, 4.69) is 18.7 Å². The average Bonchev–Trinajstić information content (AvgIpc) is 2.85. The van der Waals surface area contributed by atoms with Gasteiger partial charge >= 0.3 is 0 Å². The number of hydrogen-bond donors (Lipinski definition) is 1. The van der Waals surface area contributed by atoms with Gasteiger partial charge in [0.05, 0.1) is 0 Å². The van der Waals surface area contributed by atoms with Gasteiger partial charge in [-0.3, -0.25) is 4.90 Å². The standard InChI is InChI=1S/C16H25ClN2/c1-12(2)10-19(13-6-3-4-7-13)11-14-15(17)8-5-9-16(14)18/h5,8-9,12-13H,3-4,6-7,10-11,18H2,1-2H3. The zero-order valence-electron chi connectivity index (χ0n) is 12.0. The summed E-state index contributed by atoms with van der Waals surface area (Å²) in [7, 11) is 0. The van der Waals surface area contributed by atoms with Crippen LogP contribution in [0.3, 0.4) is 0 Å². The molecule has 0 aliphatic heterocycles. The summed E-state index contributed by atoms with van der Waals surface area (Å²) in [6.45, 7) is 6.56. The smallest absolute Gasteiger partial charge is 0.0471 e. The summed E-state index contributed by atoms with van der Waals surface area (Å²) in [5.41, 5.74) is 8.00. The van der Waals surface area contributed by atoms with Crippen molar-refractivity contribution >= 4 is 17.3 Å². The van der Waals surface area contributed by atoms with Crippen LogP contribution in [0.4, 0.5) is 5.69 Å². The molecule has 0 spiro atoms. The largest absolute Gasteiger partial charge is 0.398 e. The molecule has 1 aromatic carbocycles.